The van der Waals surface area contributed by atoms with Crippen LogP contribution in [0.3, 0.4) is 0 Å². The van der Waals surface area contributed by atoms with Crippen molar-refractivity contribution in [3.8, 4) is 0 Å². The van der Waals surface area contributed by atoms with E-state index in [1.807, 2.05) is 0 Å². The summed E-state index contributed by atoms with van der Waals surface area (Å²) in [6.07, 6.45) is 9.44. The summed E-state index contributed by atoms with van der Waals surface area (Å²) in [5, 5.41) is 8.70. The normalized spacial score (nSPS) is 18.8. The summed E-state index contributed by atoms with van der Waals surface area (Å²) in [5.41, 5.74) is 1.75. The maximum Gasteiger partial charge on any atom is 0.258 e. The standard InChI is InChI=1S/C17H25N5O3S/c1-22-17(13-9-5-6-10-14(13)20-22)26(23,24)18-11-15-19-16(21-25-15)12-7-3-2-4-8-12/h12,18H,2-11H2,1H3. The van der Waals surface area contributed by atoms with Gasteiger partial charge in [0.05, 0.1) is 12.2 Å². The second-order valence-corrected chi connectivity index (χ2v) is 8.95. The van der Waals surface area contributed by atoms with E-state index >= 15 is 0 Å². The van der Waals surface area contributed by atoms with Crippen LogP contribution in [0.5, 0.6) is 0 Å². The van der Waals surface area contributed by atoms with Crippen LogP contribution in [0.2, 0.25) is 0 Å². The SMILES string of the molecule is Cn1nc2c(c1S(=O)(=O)NCc1nc(C3CCCCC3)no1)CCCC2. The molecule has 0 amide bonds. The predicted octanol–water partition coefficient (Wildman–Crippen LogP) is 2.21. The lowest BCUT2D eigenvalue weighted by atomic mass is 9.89. The van der Waals surface area contributed by atoms with Crippen LogP contribution in [-0.4, -0.2) is 28.3 Å². The third kappa shape index (κ3) is 3.42. The molecule has 2 aliphatic carbocycles. The molecule has 0 spiro atoms. The molecule has 1 N–H and O–H groups in total. The highest BCUT2D eigenvalue weighted by Gasteiger charge is 2.29. The van der Waals surface area contributed by atoms with Gasteiger partial charge < -0.3 is 4.52 Å². The molecule has 1 fully saturated rings. The fourth-order valence-corrected chi connectivity index (χ4v) is 5.46. The lowest BCUT2D eigenvalue weighted by Crippen LogP contribution is -2.26. The Labute approximate surface area is 153 Å². The number of aromatic nitrogens is 4. The predicted molar refractivity (Wildman–Crippen MR) is 94.0 cm³/mol. The van der Waals surface area contributed by atoms with Gasteiger partial charge in [-0.05, 0) is 38.5 Å². The van der Waals surface area contributed by atoms with E-state index in [0.29, 0.717) is 17.6 Å². The van der Waals surface area contributed by atoms with Crippen molar-refractivity contribution in [3.63, 3.8) is 0 Å². The third-order valence-corrected chi connectivity index (χ3v) is 6.93. The highest BCUT2D eigenvalue weighted by atomic mass is 32.2. The zero-order valence-electron chi connectivity index (χ0n) is 15.1. The Bertz CT molecular complexity index is 880. The molecule has 0 aromatic carbocycles. The van der Waals surface area contributed by atoms with Gasteiger partial charge in [0.2, 0.25) is 5.89 Å². The van der Waals surface area contributed by atoms with Gasteiger partial charge >= 0.3 is 0 Å². The van der Waals surface area contributed by atoms with Crippen molar-refractivity contribution >= 4 is 10.0 Å². The minimum absolute atomic E-state index is 0.00199. The first-order valence-corrected chi connectivity index (χ1v) is 10.9. The zero-order chi connectivity index (χ0) is 18.1. The van der Waals surface area contributed by atoms with Gasteiger partial charge in [-0.1, -0.05) is 24.4 Å². The van der Waals surface area contributed by atoms with Crippen LogP contribution in [0, 0.1) is 0 Å². The molecule has 142 valence electrons. The minimum atomic E-state index is -3.68. The van der Waals surface area contributed by atoms with Crippen LogP contribution < -0.4 is 4.72 Å². The van der Waals surface area contributed by atoms with Gasteiger partial charge in [-0.3, -0.25) is 4.68 Å². The Balaban J connectivity index is 1.47. The van der Waals surface area contributed by atoms with E-state index in [4.69, 9.17) is 4.52 Å². The highest BCUT2D eigenvalue weighted by Crippen LogP contribution is 2.31. The Morgan fingerprint density at radius 1 is 1.15 bits per heavy atom. The topological polar surface area (TPSA) is 103 Å². The van der Waals surface area contributed by atoms with Crippen LogP contribution in [0.1, 0.15) is 73.8 Å². The van der Waals surface area contributed by atoms with E-state index in [1.165, 1.54) is 23.9 Å². The number of aryl methyl sites for hydroxylation is 2. The molecule has 0 radical (unpaired) electrons. The molecular weight excluding hydrogens is 354 g/mol. The number of rotatable bonds is 5. The summed E-state index contributed by atoms with van der Waals surface area (Å²) in [6.45, 7) is 0.00199. The Hall–Kier alpha value is -1.74. The molecule has 2 aromatic heterocycles. The van der Waals surface area contributed by atoms with E-state index in [2.05, 4.69) is 20.0 Å². The smallest absolute Gasteiger partial charge is 0.258 e. The van der Waals surface area contributed by atoms with Gasteiger partial charge in [0, 0.05) is 18.5 Å². The maximum atomic E-state index is 12.8. The number of nitrogens with zero attached hydrogens (tertiary/aromatic N) is 4. The maximum absolute atomic E-state index is 12.8. The fourth-order valence-electron chi connectivity index (χ4n) is 4.08. The van der Waals surface area contributed by atoms with Crippen molar-refractivity contribution in [2.24, 2.45) is 7.05 Å². The average molecular weight is 379 g/mol. The Morgan fingerprint density at radius 2 is 1.92 bits per heavy atom. The number of nitrogens with one attached hydrogen (secondary N) is 1. The number of hydrogen-bond donors (Lipinski definition) is 1. The van der Waals surface area contributed by atoms with E-state index in [1.54, 1.807) is 7.05 Å². The summed E-state index contributed by atoms with van der Waals surface area (Å²) in [5.74, 6) is 1.35. The molecule has 2 aromatic rings. The first-order chi connectivity index (χ1) is 12.5. The molecule has 0 unspecified atom stereocenters. The third-order valence-electron chi connectivity index (χ3n) is 5.38. The Kier molecular flexibility index (Phi) is 4.83. The van der Waals surface area contributed by atoms with E-state index in [-0.39, 0.29) is 11.6 Å². The molecule has 0 atom stereocenters. The molecule has 2 heterocycles. The molecule has 0 saturated heterocycles. The van der Waals surface area contributed by atoms with Gasteiger partial charge in [-0.15, -0.1) is 0 Å². The largest absolute Gasteiger partial charge is 0.338 e. The lowest BCUT2D eigenvalue weighted by molar-refractivity contribution is 0.356. The summed E-state index contributed by atoms with van der Waals surface area (Å²) >= 11 is 0. The first-order valence-electron chi connectivity index (χ1n) is 9.41. The molecule has 0 aliphatic heterocycles. The molecule has 4 rings (SSSR count). The van der Waals surface area contributed by atoms with Crippen molar-refractivity contribution in [3.05, 3.63) is 23.0 Å². The zero-order valence-corrected chi connectivity index (χ0v) is 15.9. The van der Waals surface area contributed by atoms with Gasteiger partial charge in [-0.2, -0.15) is 10.1 Å². The molecule has 26 heavy (non-hydrogen) atoms. The van der Waals surface area contributed by atoms with Crippen molar-refractivity contribution in [2.45, 2.75) is 75.3 Å². The minimum Gasteiger partial charge on any atom is -0.338 e. The van der Waals surface area contributed by atoms with Crippen LogP contribution in [0.25, 0.3) is 0 Å². The van der Waals surface area contributed by atoms with Gasteiger partial charge in [0.1, 0.15) is 0 Å². The van der Waals surface area contributed by atoms with Crippen molar-refractivity contribution in [1.82, 2.24) is 24.6 Å². The fraction of sp³-hybridized carbons (Fsp3) is 0.706. The summed E-state index contributed by atoms with van der Waals surface area (Å²) < 4.78 is 34.9. The van der Waals surface area contributed by atoms with Crippen LogP contribution in [0.15, 0.2) is 9.55 Å². The van der Waals surface area contributed by atoms with Crippen molar-refractivity contribution in [1.29, 1.82) is 0 Å². The van der Waals surface area contributed by atoms with Crippen LogP contribution in [0.4, 0.5) is 0 Å². The van der Waals surface area contributed by atoms with Gasteiger partial charge in [0.15, 0.2) is 10.9 Å². The Morgan fingerprint density at radius 3 is 2.73 bits per heavy atom. The number of sulfonamides is 1. The molecule has 1 saturated carbocycles. The number of hydrogen-bond acceptors (Lipinski definition) is 6. The quantitative estimate of drug-likeness (QED) is 0.854. The number of fused-ring (bicyclic) bond motifs is 1. The van der Waals surface area contributed by atoms with Crippen LogP contribution in [-0.2, 0) is 36.5 Å². The monoisotopic (exact) mass is 379 g/mol. The van der Waals surface area contributed by atoms with Crippen LogP contribution >= 0.6 is 0 Å². The summed E-state index contributed by atoms with van der Waals surface area (Å²) in [7, 11) is -2.00. The highest BCUT2D eigenvalue weighted by molar-refractivity contribution is 7.89. The molecular formula is C17H25N5O3S. The summed E-state index contributed by atoms with van der Waals surface area (Å²) in [6, 6.07) is 0. The summed E-state index contributed by atoms with van der Waals surface area (Å²) in [4.78, 5) is 4.40. The van der Waals surface area contributed by atoms with Crippen molar-refractivity contribution < 1.29 is 12.9 Å². The second kappa shape index (κ2) is 7.11. The molecule has 2 aliphatic rings. The van der Waals surface area contributed by atoms with E-state index < -0.39 is 10.0 Å². The molecule has 8 nitrogen and oxygen atoms in total. The second-order valence-electron chi connectivity index (χ2n) is 7.27. The molecule has 9 heteroatoms. The average Bonchev–Trinajstić information content (AvgIpc) is 3.24. The van der Waals surface area contributed by atoms with Gasteiger partial charge in [-0.25, -0.2) is 13.1 Å². The van der Waals surface area contributed by atoms with Gasteiger partial charge in [0.25, 0.3) is 10.0 Å². The molecule has 0 bridgehead atoms. The first kappa shape index (κ1) is 17.7. The van der Waals surface area contributed by atoms with E-state index in [0.717, 1.165) is 49.8 Å². The van der Waals surface area contributed by atoms with Crippen molar-refractivity contribution in [2.75, 3.05) is 0 Å². The lowest BCUT2D eigenvalue weighted by Gasteiger charge is -2.17. The van der Waals surface area contributed by atoms with E-state index in [9.17, 15) is 8.42 Å².